The van der Waals surface area contributed by atoms with E-state index in [2.05, 4.69) is 37.4 Å². The average molecular weight is 235 g/mol. The van der Waals surface area contributed by atoms with Gasteiger partial charge < -0.3 is 10.4 Å². The molecule has 17 heavy (non-hydrogen) atoms. The van der Waals surface area contributed by atoms with Gasteiger partial charge in [0.1, 0.15) is 0 Å². The first-order valence-electron chi connectivity index (χ1n) is 6.17. The number of aryl methyl sites for hydroxylation is 1. The van der Waals surface area contributed by atoms with Crippen LogP contribution in [-0.2, 0) is 6.54 Å². The zero-order valence-corrected chi connectivity index (χ0v) is 11.9. The maximum Gasteiger partial charge on any atom is 0.0767 e. The van der Waals surface area contributed by atoms with Crippen LogP contribution in [0.15, 0.2) is 18.2 Å². The van der Waals surface area contributed by atoms with E-state index in [9.17, 15) is 5.11 Å². The van der Waals surface area contributed by atoms with Crippen molar-refractivity contribution in [1.29, 1.82) is 0 Å². The van der Waals surface area contributed by atoms with Gasteiger partial charge in [-0.1, -0.05) is 18.2 Å². The summed E-state index contributed by atoms with van der Waals surface area (Å²) in [5, 5.41) is 13.5. The van der Waals surface area contributed by atoms with Gasteiger partial charge in [0.25, 0.3) is 0 Å². The lowest BCUT2D eigenvalue weighted by Gasteiger charge is -2.38. The van der Waals surface area contributed by atoms with Crippen LogP contribution in [0.3, 0.4) is 0 Å². The lowest BCUT2D eigenvalue weighted by Crippen LogP contribution is -2.55. The second-order valence-electron chi connectivity index (χ2n) is 5.90. The van der Waals surface area contributed by atoms with Gasteiger partial charge >= 0.3 is 0 Å². The Morgan fingerprint density at radius 1 is 1.12 bits per heavy atom. The van der Waals surface area contributed by atoms with Gasteiger partial charge in [-0.05, 0) is 58.2 Å². The second-order valence-corrected chi connectivity index (χ2v) is 5.90. The molecule has 0 heterocycles. The standard InChI is InChI=1S/C15H25NO/c1-11-8-7-9-13(12(11)2)10-16-14(3,4)15(5,6)17/h7-9,16-17H,10H2,1-6H3. The third kappa shape index (κ3) is 3.30. The van der Waals surface area contributed by atoms with Gasteiger partial charge in [-0.25, -0.2) is 0 Å². The van der Waals surface area contributed by atoms with Crippen LogP contribution < -0.4 is 5.32 Å². The topological polar surface area (TPSA) is 32.3 Å². The third-order valence-corrected chi connectivity index (χ3v) is 3.97. The molecular weight excluding hydrogens is 210 g/mol. The highest BCUT2D eigenvalue weighted by molar-refractivity contribution is 5.33. The Hall–Kier alpha value is -0.860. The molecule has 2 nitrogen and oxygen atoms in total. The van der Waals surface area contributed by atoms with E-state index in [1.54, 1.807) is 0 Å². The smallest absolute Gasteiger partial charge is 0.0767 e. The molecule has 0 radical (unpaired) electrons. The minimum atomic E-state index is -0.745. The SMILES string of the molecule is Cc1cccc(CNC(C)(C)C(C)(C)O)c1C. The highest BCUT2D eigenvalue weighted by Gasteiger charge is 2.34. The molecule has 1 aromatic rings. The van der Waals surface area contributed by atoms with Gasteiger partial charge in [0, 0.05) is 12.1 Å². The molecular formula is C15H25NO. The Kier molecular flexibility index (Phi) is 4.00. The lowest BCUT2D eigenvalue weighted by molar-refractivity contribution is -0.00534. The first kappa shape index (κ1) is 14.2. The molecule has 1 aromatic carbocycles. The zero-order valence-electron chi connectivity index (χ0n) is 11.9. The Morgan fingerprint density at radius 2 is 1.71 bits per heavy atom. The van der Waals surface area contributed by atoms with E-state index in [-0.39, 0.29) is 5.54 Å². The van der Waals surface area contributed by atoms with Crippen molar-refractivity contribution < 1.29 is 5.11 Å². The molecule has 0 aromatic heterocycles. The average Bonchev–Trinajstić information content (AvgIpc) is 2.18. The Bertz CT molecular complexity index is 388. The largest absolute Gasteiger partial charge is 0.389 e. The Labute approximate surface area is 105 Å². The summed E-state index contributed by atoms with van der Waals surface area (Å²) < 4.78 is 0. The van der Waals surface area contributed by atoms with E-state index in [1.807, 2.05) is 27.7 Å². The van der Waals surface area contributed by atoms with Gasteiger partial charge in [0.2, 0.25) is 0 Å². The number of benzene rings is 1. The maximum atomic E-state index is 10.1. The first-order valence-corrected chi connectivity index (χ1v) is 6.17. The van der Waals surface area contributed by atoms with Crippen LogP contribution in [0.4, 0.5) is 0 Å². The van der Waals surface area contributed by atoms with Crippen molar-refractivity contribution in [1.82, 2.24) is 5.32 Å². The molecule has 0 bridgehead atoms. The molecule has 0 fully saturated rings. The fraction of sp³-hybridized carbons (Fsp3) is 0.600. The van der Waals surface area contributed by atoms with E-state index in [0.717, 1.165) is 6.54 Å². The normalized spacial score (nSPS) is 12.9. The van der Waals surface area contributed by atoms with Crippen LogP contribution in [0.25, 0.3) is 0 Å². The molecule has 2 N–H and O–H groups in total. The fourth-order valence-electron chi connectivity index (χ4n) is 1.54. The molecule has 0 aliphatic rings. The quantitative estimate of drug-likeness (QED) is 0.841. The van der Waals surface area contributed by atoms with Crippen LogP contribution >= 0.6 is 0 Å². The van der Waals surface area contributed by atoms with Crippen molar-refractivity contribution in [3.8, 4) is 0 Å². The molecule has 0 saturated heterocycles. The van der Waals surface area contributed by atoms with Crippen LogP contribution in [0.1, 0.15) is 44.4 Å². The fourth-order valence-corrected chi connectivity index (χ4v) is 1.54. The number of aliphatic hydroxyl groups is 1. The molecule has 0 spiro atoms. The molecule has 0 unspecified atom stereocenters. The number of nitrogens with one attached hydrogen (secondary N) is 1. The van der Waals surface area contributed by atoms with Crippen molar-refractivity contribution in [3.05, 3.63) is 34.9 Å². The van der Waals surface area contributed by atoms with Crippen LogP contribution in [0, 0.1) is 13.8 Å². The van der Waals surface area contributed by atoms with E-state index < -0.39 is 5.60 Å². The van der Waals surface area contributed by atoms with Gasteiger partial charge in [-0.3, -0.25) is 0 Å². The molecule has 0 amide bonds. The first-order chi connectivity index (χ1) is 7.65. The van der Waals surface area contributed by atoms with Crippen molar-refractivity contribution in [2.75, 3.05) is 0 Å². The highest BCUT2D eigenvalue weighted by Crippen LogP contribution is 2.22. The van der Waals surface area contributed by atoms with E-state index >= 15 is 0 Å². The summed E-state index contributed by atoms with van der Waals surface area (Å²) in [4.78, 5) is 0. The minimum Gasteiger partial charge on any atom is -0.389 e. The summed E-state index contributed by atoms with van der Waals surface area (Å²) in [5.41, 5.74) is 2.87. The summed E-state index contributed by atoms with van der Waals surface area (Å²) in [6, 6.07) is 6.34. The van der Waals surface area contributed by atoms with Crippen LogP contribution in [-0.4, -0.2) is 16.2 Å². The van der Waals surface area contributed by atoms with Gasteiger partial charge in [0.15, 0.2) is 0 Å². The summed E-state index contributed by atoms with van der Waals surface area (Å²) in [6.07, 6.45) is 0. The summed E-state index contributed by atoms with van der Waals surface area (Å²) in [5.74, 6) is 0. The molecule has 96 valence electrons. The zero-order chi connectivity index (χ0) is 13.3. The van der Waals surface area contributed by atoms with Gasteiger partial charge in [-0.15, -0.1) is 0 Å². The van der Waals surface area contributed by atoms with Gasteiger partial charge in [-0.2, -0.15) is 0 Å². The molecule has 1 rings (SSSR count). The molecule has 0 atom stereocenters. The molecule has 0 aliphatic heterocycles. The second kappa shape index (κ2) is 4.79. The molecule has 2 heteroatoms. The summed E-state index contributed by atoms with van der Waals surface area (Å²) in [6.45, 7) is 12.8. The Balaban J connectivity index is 2.78. The maximum absolute atomic E-state index is 10.1. The predicted octanol–water partition coefficient (Wildman–Crippen LogP) is 2.94. The van der Waals surface area contributed by atoms with Crippen molar-refractivity contribution in [2.24, 2.45) is 0 Å². The summed E-state index contributed by atoms with van der Waals surface area (Å²) >= 11 is 0. The summed E-state index contributed by atoms with van der Waals surface area (Å²) in [7, 11) is 0. The number of hydrogen-bond acceptors (Lipinski definition) is 2. The van der Waals surface area contributed by atoms with Gasteiger partial charge in [0.05, 0.1) is 5.60 Å². The minimum absolute atomic E-state index is 0.316. The molecule has 0 aliphatic carbocycles. The number of hydrogen-bond donors (Lipinski definition) is 2. The van der Waals surface area contributed by atoms with E-state index in [0.29, 0.717) is 0 Å². The lowest BCUT2D eigenvalue weighted by atomic mass is 9.85. The number of rotatable bonds is 4. The highest BCUT2D eigenvalue weighted by atomic mass is 16.3. The van der Waals surface area contributed by atoms with E-state index in [1.165, 1.54) is 16.7 Å². The monoisotopic (exact) mass is 235 g/mol. The van der Waals surface area contributed by atoms with Crippen LogP contribution in [0.2, 0.25) is 0 Å². The van der Waals surface area contributed by atoms with E-state index in [4.69, 9.17) is 0 Å². The van der Waals surface area contributed by atoms with Crippen molar-refractivity contribution >= 4 is 0 Å². The molecule has 0 saturated carbocycles. The predicted molar refractivity (Wildman–Crippen MR) is 73.1 cm³/mol. The van der Waals surface area contributed by atoms with Crippen molar-refractivity contribution in [3.63, 3.8) is 0 Å². The Morgan fingerprint density at radius 3 is 2.24 bits per heavy atom. The van der Waals surface area contributed by atoms with Crippen molar-refractivity contribution in [2.45, 2.75) is 59.2 Å². The third-order valence-electron chi connectivity index (χ3n) is 3.97. The van der Waals surface area contributed by atoms with Crippen LogP contribution in [0.5, 0.6) is 0 Å².